The predicted octanol–water partition coefficient (Wildman–Crippen LogP) is 8.83. The van der Waals surface area contributed by atoms with Crippen LogP contribution in [-0.4, -0.2) is 131 Å². The molecule has 0 unspecified atom stereocenters. The summed E-state index contributed by atoms with van der Waals surface area (Å²) in [6.07, 6.45) is 26.1. The van der Waals surface area contributed by atoms with Crippen LogP contribution in [0.4, 0.5) is 0 Å². The van der Waals surface area contributed by atoms with E-state index in [-0.39, 0.29) is 25.2 Å². The first-order chi connectivity index (χ1) is 27.7. The van der Waals surface area contributed by atoms with E-state index in [1.54, 1.807) is 0 Å². The molecule has 0 rings (SSSR count). The number of hydrogen-bond acceptors (Lipinski definition) is 12. The molecule has 0 amide bonds. The van der Waals surface area contributed by atoms with Crippen molar-refractivity contribution in [1.29, 1.82) is 0 Å². The second-order valence-electron chi connectivity index (χ2n) is 14.2. The lowest BCUT2D eigenvalue weighted by Gasteiger charge is -2.09. The maximum Gasteiger partial charge on any atom is 0.305 e. The van der Waals surface area contributed by atoms with Gasteiger partial charge in [0.2, 0.25) is 0 Å². The zero-order valence-electron chi connectivity index (χ0n) is 36.2. The Labute approximate surface area is 342 Å². The lowest BCUT2D eigenvalue weighted by molar-refractivity contribution is -0.146. The first-order valence-corrected chi connectivity index (χ1v) is 22.6. The fourth-order valence-electron chi connectivity index (χ4n) is 5.73. The van der Waals surface area contributed by atoms with Gasteiger partial charge < -0.3 is 47.4 Å². The largest absolute Gasteiger partial charge is 0.463 e. The fourth-order valence-corrected chi connectivity index (χ4v) is 5.73. The van der Waals surface area contributed by atoms with E-state index < -0.39 is 0 Å². The van der Waals surface area contributed by atoms with Gasteiger partial charge >= 0.3 is 11.9 Å². The lowest BCUT2D eigenvalue weighted by Crippen LogP contribution is -2.15. The van der Waals surface area contributed by atoms with Crippen LogP contribution in [-0.2, 0) is 57.0 Å². The first-order valence-electron chi connectivity index (χ1n) is 22.6. The Morgan fingerprint density at radius 3 is 0.643 bits per heavy atom. The summed E-state index contributed by atoms with van der Waals surface area (Å²) in [5.74, 6) is -0.274. The van der Waals surface area contributed by atoms with E-state index in [0.717, 1.165) is 25.7 Å². The number of carbonyl (C=O) groups is 2. The van der Waals surface area contributed by atoms with E-state index in [9.17, 15) is 9.59 Å². The van der Waals surface area contributed by atoms with E-state index in [4.69, 9.17) is 47.4 Å². The molecule has 0 spiro atoms. The Kier molecular flexibility index (Phi) is 48.5. The Morgan fingerprint density at radius 2 is 0.429 bits per heavy atom. The molecule has 12 heteroatoms. The van der Waals surface area contributed by atoms with Crippen LogP contribution in [0.2, 0.25) is 0 Å². The summed E-state index contributed by atoms with van der Waals surface area (Å²) in [5.41, 5.74) is 0. The van der Waals surface area contributed by atoms with Gasteiger partial charge in [-0.1, -0.05) is 129 Å². The van der Waals surface area contributed by atoms with Crippen molar-refractivity contribution in [2.75, 3.05) is 119 Å². The van der Waals surface area contributed by atoms with Crippen LogP contribution in [0.3, 0.4) is 0 Å². The lowest BCUT2D eigenvalue weighted by atomic mass is 10.0. The summed E-state index contributed by atoms with van der Waals surface area (Å²) in [6, 6.07) is 0. The van der Waals surface area contributed by atoms with Gasteiger partial charge in [0.15, 0.2) is 0 Å². The Bertz CT molecular complexity index is 772. The van der Waals surface area contributed by atoms with Gasteiger partial charge in [0, 0.05) is 12.8 Å². The minimum Gasteiger partial charge on any atom is -0.463 e. The molecular formula is C44H86O12. The third-order valence-electron chi connectivity index (χ3n) is 9.05. The van der Waals surface area contributed by atoms with Gasteiger partial charge in [0.25, 0.3) is 0 Å². The molecule has 0 radical (unpaired) electrons. The zero-order valence-corrected chi connectivity index (χ0v) is 36.2. The molecule has 0 heterocycles. The highest BCUT2D eigenvalue weighted by Crippen LogP contribution is 2.13. The molecule has 0 aromatic heterocycles. The highest BCUT2D eigenvalue weighted by molar-refractivity contribution is 5.69. The third-order valence-corrected chi connectivity index (χ3v) is 9.05. The number of carbonyl (C=O) groups excluding carboxylic acids is 2. The monoisotopic (exact) mass is 807 g/mol. The normalized spacial score (nSPS) is 11.4. The smallest absolute Gasteiger partial charge is 0.305 e. The Hall–Kier alpha value is -1.38. The minimum atomic E-state index is -0.141. The molecule has 0 saturated carbocycles. The van der Waals surface area contributed by atoms with Crippen LogP contribution in [0, 0.1) is 0 Å². The van der Waals surface area contributed by atoms with Crippen molar-refractivity contribution in [2.24, 2.45) is 0 Å². The SMILES string of the molecule is CCCCCCCCCCCCCCCC(=O)OCCOCCOCCOCCOCCOCCOCCOCCOCCOC(=O)CCCCCCCCC. The molecule has 0 fully saturated rings. The molecule has 0 aliphatic carbocycles. The van der Waals surface area contributed by atoms with Crippen LogP contribution in [0.15, 0.2) is 0 Å². The average molecular weight is 807 g/mol. The van der Waals surface area contributed by atoms with Crippen molar-refractivity contribution in [3.05, 3.63) is 0 Å². The van der Waals surface area contributed by atoms with Gasteiger partial charge in [-0.2, -0.15) is 0 Å². The second-order valence-corrected chi connectivity index (χ2v) is 14.2. The molecule has 0 N–H and O–H groups in total. The first kappa shape index (κ1) is 54.6. The quantitative estimate of drug-likeness (QED) is 0.0431. The maximum absolute atomic E-state index is 11.9. The molecule has 334 valence electrons. The minimum absolute atomic E-state index is 0.133. The van der Waals surface area contributed by atoms with Gasteiger partial charge in [-0.3, -0.25) is 9.59 Å². The van der Waals surface area contributed by atoms with Crippen LogP contribution < -0.4 is 0 Å². The van der Waals surface area contributed by atoms with Gasteiger partial charge in [-0.25, -0.2) is 0 Å². The Morgan fingerprint density at radius 1 is 0.250 bits per heavy atom. The van der Waals surface area contributed by atoms with Crippen LogP contribution in [0.25, 0.3) is 0 Å². The topological polar surface area (TPSA) is 126 Å². The molecule has 0 aliphatic heterocycles. The summed E-state index contributed by atoms with van der Waals surface area (Å²) in [5, 5.41) is 0. The van der Waals surface area contributed by atoms with Crippen molar-refractivity contribution in [1.82, 2.24) is 0 Å². The maximum atomic E-state index is 11.9. The van der Waals surface area contributed by atoms with Crippen molar-refractivity contribution >= 4 is 11.9 Å². The van der Waals surface area contributed by atoms with Gasteiger partial charge in [0.1, 0.15) is 13.2 Å². The van der Waals surface area contributed by atoms with Crippen molar-refractivity contribution in [3.63, 3.8) is 0 Å². The van der Waals surface area contributed by atoms with E-state index in [2.05, 4.69) is 13.8 Å². The molecular weight excluding hydrogens is 720 g/mol. The molecule has 0 aromatic carbocycles. The number of ether oxygens (including phenoxy) is 10. The summed E-state index contributed by atoms with van der Waals surface area (Å²) in [6.45, 7) is 12.6. The van der Waals surface area contributed by atoms with Gasteiger partial charge in [-0.15, -0.1) is 0 Å². The van der Waals surface area contributed by atoms with Gasteiger partial charge in [0.05, 0.1) is 106 Å². The molecule has 0 aliphatic rings. The van der Waals surface area contributed by atoms with E-state index >= 15 is 0 Å². The number of rotatable bonds is 49. The average Bonchev–Trinajstić information content (AvgIpc) is 3.20. The van der Waals surface area contributed by atoms with Crippen molar-refractivity contribution in [3.8, 4) is 0 Å². The Balaban J connectivity index is 3.16. The molecule has 12 nitrogen and oxygen atoms in total. The molecule has 0 aromatic rings. The fraction of sp³-hybridized carbons (Fsp3) is 0.955. The number of hydrogen-bond donors (Lipinski definition) is 0. The van der Waals surface area contributed by atoms with E-state index in [1.165, 1.54) is 103 Å². The summed E-state index contributed by atoms with van der Waals surface area (Å²) >= 11 is 0. The summed E-state index contributed by atoms with van der Waals surface area (Å²) in [4.78, 5) is 23.6. The molecule has 0 atom stereocenters. The second kappa shape index (κ2) is 49.8. The number of unbranched alkanes of at least 4 members (excludes halogenated alkanes) is 18. The standard InChI is InChI=1S/C44H86O12/c1-3-5-7-9-11-12-13-14-15-16-18-20-22-24-44(46)56-42-40-54-38-36-52-34-32-50-30-28-48-26-25-47-27-29-49-31-33-51-35-37-53-39-41-55-43(45)23-21-19-17-10-8-6-4-2/h3-42H2,1-2H3. The summed E-state index contributed by atoms with van der Waals surface area (Å²) < 4.78 is 54.3. The highest BCUT2D eigenvalue weighted by Gasteiger charge is 2.04. The van der Waals surface area contributed by atoms with Crippen LogP contribution in [0.5, 0.6) is 0 Å². The number of esters is 2. The van der Waals surface area contributed by atoms with Crippen molar-refractivity contribution < 1.29 is 57.0 Å². The van der Waals surface area contributed by atoms with Gasteiger partial charge in [-0.05, 0) is 12.8 Å². The van der Waals surface area contributed by atoms with E-state index in [0.29, 0.717) is 119 Å². The third kappa shape index (κ3) is 48.8. The highest BCUT2D eigenvalue weighted by atomic mass is 16.6. The van der Waals surface area contributed by atoms with Crippen LogP contribution in [0.1, 0.15) is 155 Å². The van der Waals surface area contributed by atoms with E-state index in [1.807, 2.05) is 0 Å². The summed E-state index contributed by atoms with van der Waals surface area (Å²) in [7, 11) is 0. The molecule has 56 heavy (non-hydrogen) atoms. The van der Waals surface area contributed by atoms with Crippen molar-refractivity contribution in [2.45, 2.75) is 155 Å². The van der Waals surface area contributed by atoms with Crippen LogP contribution >= 0.6 is 0 Å². The molecule has 0 bridgehead atoms. The zero-order chi connectivity index (χ0) is 40.5. The molecule has 0 saturated heterocycles. The predicted molar refractivity (Wildman–Crippen MR) is 221 cm³/mol.